The fraction of sp³-hybridized carbons (Fsp3) is 0.743. The molecule has 1 aromatic rings. The van der Waals surface area contributed by atoms with Crippen LogP contribution in [0.2, 0.25) is 5.02 Å². The van der Waals surface area contributed by atoms with E-state index in [2.05, 4.69) is 10.6 Å². The number of benzene rings is 1. The van der Waals surface area contributed by atoms with Crippen LogP contribution in [0.3, 0.4) is 0 Å². The average Bonchev–Trinajstić information content (AvgIpc) is 2.89. The monoisotopic (exact) mass is 645 g/mol. The molecule has 1 saturated heterocycles. The van der Waals surface area contributed by atoms with Crippen molar-refractivity contribution in [2.24, 2.45) is 28.6 Å². The maximum Gasteiger partial charge on any atom is 0.408 e. The van der Waals surface area contributed by atoms with E-state index in [4.69, 9.17) is 16.3 Å². The lowest BCUT2D eigenvalue weighted by atomic mass is 9.46. The van der Waals surface area contributed by atoms with Crippen LogP contribution in [0, 0.1) is 28.6 Å². The highest BCUT2D eigenvalue weighted by Gasteiger charge is 2.61. The van der Waals surface area contributed by atoms with E-state index in [1.54, 1.807) is 37.8 Å². The van der Waals surface area contributed by atoms with Gasteiger partial charge in [-0.1, -0.05) is 51.4 Å². The van der Waals surface area contributed by atoms with E-state index in [9.17, 15) is 24.6 Å². The SMILES string of the molecule is CC(C)[C@@H](NC(=O)[C@@H](NC(=O)OC(C)(C)C)C12CC3CC(CC(O)(C3)C1)C2)C(=O)N1CC[C@](O)(c2ccc(Cl)cc2)C(C)(C)C1. The summed E-state index contributed by atoms with van der Waals surface area (Å²) in [5, 5.41) is 29.9. The summed E-state index contributed by atoms with van der Waals surface area (Å²) in [5.74, 6) is -0.282. The highest BCUT2D eigenvalue weighted by Crippen LogP contribution is 2.63. The lowest BCUT2D eigenvalue weighted by molar-refractivity contribution is -0.177. The van der Waals surface area contributed by atoms with E-state index < -0.39 is 51.7 Å². The molecule has 0 radical (unpaired) electrons. The van der Waals surface area contributed by atoms with Crippen molar-refractivity contribution in [2.45, 2.75) is 122 Å². The number of alkyl carbamates (subject to hydrolysis) is 1. The first-order valence-electron chi connectivity index (χ1n) is 16.5. The summed E-state index contributed by atoms with van der Waals surface area (Å²) in [4.78, 5) is 43.3. The van der Waals surface area contributed by atoms with E-state index in [0.29, 0.717) is 42.8 Å². The second kappa shape index (κ2) is 11.7. The molecule has 4 aliphatic carbocycles. The zero-order chi connectivity index (χ0) is 33.2. The fourth-order valence-corrected chi connectivity index (χ4v) is 9.39. The number of hydrogen-bond acceptors (Lipinski definition) is 6. The first kappa shape index (κ1) is 34.0. The van der Waals surface area contributed by atoms with Gasteiger partial charge in [0.25, 0.3) is 0 Å². The van der Waals surface area contributed by atoms with Crippen molar-refractivity contribution in [1.82, 2.24) is 15.5 Å². The number of nitrogens with zero attached hydrogens (tertiary/aromatic N) is 1. The molecule has 250 valence electrons. The van der Waals surface area contributed by atoms with Gasteiger partial charge in [0.15, 0.2) is 0 Å². The minimum absolute atomic E-state index is 0.218. The van der Waals surface area contributed by atoms with Crippen LogP contribution >= 0.6 is 11.6 Å². The number of likely N-dealkylation sites (tertiary alicyclic amines) is 1. The Morgan fingerprint density at radius 2 is 1.60 bits per heavy atom. The van der Waals surface area contributed by atoms with Gasteiger partial charge < -0.3 is 30.5 Å². The normalized spacial score (nSPS) is 33.4. The van der Waals surface area contributed by atoms with Crippen LogP contribution < -0.4 is 10.6 Å². The minimum Gasteiger partial charge on any atom is -0.444 e. The molecule has 9 nitrogen and oxygen atoms in total. The maximum absolute atomic E-state index is 14.3. The second-order valence-corrected chi connectivity index (χ2v) is 17.1. The molecule has 45 heavy (non-hydrogen) atoms. The van der Waals surface area contributed by atoms with Gasteiger partial charge in [0.2, 0.25) is 11.8 Å². The number of piperidine rings is 1. The van der Waals surface area contributed by atoms with Gasteiger partial charge in [-0.3, -0.25) is 9.59 Å². The van der Waals surface area contributed by atoms with Crippen LogP contribution in [0.1, 0.15) is 99.0 Å². The van der Waals surface area contributed by atoms with E-state index in [-0.39, 0.29) is 11.8 Å². The predicted octanol–water partition coefficient (Wildman–Crippen LogP) is 5.15. The molecule has 3 amide bonds. The quantitative estimate of drug-likeness (QED) is 0.325. The molecule has 2 unspecified atom stereocenters. The van der Waals surface area contributed by atoms with Crippen molar-refractivity contribution in [3.8, 4) is 0 Å². The topological polar surface area (TPSA) is 128 Å². The van der Waals surface area contributed by atoms with Crippen molar-refractivity contribution < 1.29 is 29.3 Å². The highest BCUT2D eigenvalue weighted by atomic mass is 35.5. The molecule has 4 bridgehead atoms. The van der Waals surface area contributed by atoms with Crippen molar-refractivity contribution in [3.63, 3.8) is 0 Å². The van der Waals surface area contributed by atoms with Gasteiger partial charge in [0.05, 0.1) is 11.2 Å². The molecular formula is C35H52ClN3O6. The van der Waals surface area contributed by atoms with Gasteiger partial charge in [-0.05, 0) is 101 Å². The smallest absolute Gasteiger partial charge is 0.408 e. The summed E-state index contributed by atoms with van der Waals surface area (Å²) in [6.45, 7) is 13.6. The molecule has 6 rings (SSSR count). The molecule has 5 aliphatic rings. The summed E-state index contributed by atoms with van der Waals surface area (Å²) < 4.78 is 5.59. The summed E-state index contributed by atoms with van der Waals surface area (Å²) in [7, 11) is 0. The van der Waals surface area contributed by atoms with E-state index in [1.165, 1.54) is 0 Å². The predicted molar refractivity (Wildman–Crippen MR) is 172 cm³/mol. The summed E-state index contributed by atoms with van der Waals surface area (Å²) in [6.07, 6.45) is 4.05. The summed E-state index contributed by atoms with van der Waals surface area (Å²) in [5.41, 5.74) is -3.30. The molecule has 4 saturated carbocycles. The number of rotatable bonds is 7. The third-order valence-electron chi connectivity index (χ3n) is 10.9. The lowest BCUT2D eigenvalue weighted by Crippen LogP contribution is -2.67. The van der Waals surface area contributed by atoms with Gasteiger partial charge in [0.1, 0.15) is 17.7 Å². The molecule has 1 aliphatic heterocycles. The summed E-state index contributed by atoms with van der Waals surface area (Å²) in [6, 6.07) is 5.39. The Kier molecular flexibility index (Phi) is 8.84. The maximum atomic E-state index is 14.3. The summed E-state index contributed by atoms with van der Waals surface area (Å²) >= 11 is 6.10. The van der Waals surface area contributed by atoms with Crippen LogP contribution in [0.4, 0.5) is 4.79 Å². The number of hydrogen-bond donors (Lipinski definition) is 4. The highest BCUT2D eigenvalue weighted by molar-refractivity contribution is 6.30. The third-order valence-corrected chi connectivity index (χ3v) is 11.2. The number of halogens is 1. The molecule has 0 aromatic heterocycles. The number of carbonyl (C=O) groups excluding carboxylic acids is 3. The Hall–Kier alpha value is -2.36. The van der Waals surface area contributed by atoms with Crippen LogP contribution in [0.15, 0.2) is 24.3 Å². The number of amides is 3. The lowest BCUT2D eigenvalue weighted by Gasteiger charge is -2.62. The fourth-order valence-electron chi connectivity index (χ4n) is 9.26. The van der Waals surface area contributed by atoms with Crippen LogP contribution in [0.5, 0.6) is 0 Å². The molecule has 4 N–H and O–H groups in total. The Morgan fingerprint density at radius 3 is 2.11 bits per heavy atom. The Morgan fingerprint density at radius 1 is 1.00 bits per heavy atom. The minimum atomic E-state index is -1.16. The first-order valence-corrected chi connectivity index (χ1v) is 16.9. The van der Waals surface area contributed by atoms with Crippen molar-refractivity contribution in [2.75, 3.05) is 13.1 Å². The van der Waals surface area contributed by atoms with Crippen LogP contribution in [-0.4, -0.2) is 69.4 Å². The second-order valence-electron chi connectivity index (χ2n) is 16.6. The zero-order valence-corrected chi connectivity index (χ0v) is 28.7. The number of nitrogens with one attached hydrogen (secondary N) is 2. The van der Waals surface area contributed by atoms with Gasteiger partial charge in [-0.25, -0.2) is 4.79 Å². The zero-order valence-electron chi connectivity index (χ0n) is 27.9. The van der Waals surface area contributed by atoms with Gasteiger partial charge in [0, 0.05) is 28.9 Å². The van der Waals surface area contributed by atoms with Crippen LogP contribution in [-0.2, 0) is 19.9 Å². The van der Waals surface area contributed by atoms with E-state index in [0.717, 1.165) is 37.7 Å². The van der Waals surface area contributed by atoms with Gasteiger partial charge >= 0.3 is 6.09 Å². The molecule has 0 spiro atoms. The molecule has 5 fully saturated rings. The largest absolute Gasteiger partial charge is 0.444 e. The van der Waals surface area contributed by atoms with Gasteiger partial charge in [-0.15, -0.1) is 0 Å². The van der Waals surface area contributed by atoms with Crippen molar-refractivity contribution in [3.05, 3.63) is 34.9 Å². The molecule has 1 heterocycles. The average molecular weight is 646 g/mol. The Bertz CT molecular complexity index is 1290. The molecule has 1 aromatic carbocycles. The van der Waals surface area contributed by atoms with Gasteiger partial charge in [-0.2, -0.15) is 0 Å². The van der Waals surface area contributed by atoms with Crippen molar-refractivity contribution in [1.29, 1.82) is 0 Å². The first-order chi connectivity index (χ1) is 20.7. The Balaban J connectivity index is 1.37. The van der Waals surface area contributed by atoms with E-state index >= 15 is 0 Å². The molecular weight excluding hydrogens is 594 g/mol. The standard InChI is InChI=1S/C35H52ClN3O6/c1-21(2)26(29(41)39-13-12-35(44,32(6,7)20-39)24-8-10-25(36)11-9-24)37-28(40)27(38-30(42)45-31(3,4)5)33-15-22-14-23(16-33)18-34(43,17-22)19-33/h8-11,21-23,26-27,43-44H,12-20H2,1-7H3,(H,37,40)(H,38,42)/t22?,23?,26-,27-,33?,34?,35+/m1/s1. The van der Waals surface area contributed by atoms with Crippen molar-refractivity contribution >= 4 is 29.5 Å². The number of aliphatic hydroxyl groups is 2. The number of carbonyl (C=O) groups is 3. The molecule has 5 atom stereocenters. The van der Waals surface area contributed by atoms with Crippen LogP contribution in [0.25, 0.3) is 0 Å². The third kappa shape index (κ3) is 6.72. The molecule has 10 heteroatoms. The van der Waals surface area contributed by atoms with E-state index in [1.807, 2.05) is 39.8 Å². The number of ether oxygens (including phenoxy) is 1. The Labute approximate surface area is 272 Å².